The molecule has 2 aliphatic rings. The van der Waals surface area contributed by atoms with E-state index in [4.69, 9.17) is 0 Å². The summed E-state index contributed by atoms with van der Waals surface area (Å²) in [6, 6.07) is 21.5. The smallest absolute Gasteiger partial charge is 0.284 e. The second kappa shape index (κ2) is 9.69. The van der Waals surface area contributed by atoms with Crippen LogP contribution in [0.2, 0.25) is 0 Å². The second-order valence-electron chi connectivity index (χ2n) is 8.85. The zero-order chi connectivity index (χ0) is 24.4. The number of carbonyl (C=O) groups excluding carboxylic acids is 1. The maximum absolute atomic E-state index is 13.1. The highest BCUT2D eigenvalue weighted by molar-refractivity contribution is 6.37. The molecule has 0 spiro atoms. The highest BCUT2D eigenvalue weighted by Gasteiger charge is 2.36. The van der Waals surface area contributed by atoms with Crippen LogP contribution < -0.4 is 10.4 Å². The largest absolute Gasteiger partial charge is 0.354 e. The molecule has 8 nitrogen and oxygen atoms in total. The van der Waals surface area contributed by atoms with Gasteiger partial charge in [0.25, 0.3) is 11.6 Å². The van der Waals surface area contributed by atoms with Crippen LogP contribution in [0.3, 0.4) is 0 Å². The van der Waals surface area contributed by atoms with E-state index in [1.54, 1.807) is 0 Å². The van der Waals surface area contributed by atoms with E-state index in [1.807, 2.05) is 42.5 Å². The molecular weight excluding hydrogens is 444 g/mol. The summed E-state index contributed by atoms with van der Waals surface area (Å²) in [7, 11) is 0. The minimum atomic E-state index is -0.645. The Labute approximate surface area is 203 Å². The Morgan fingerprint density at radius 2 is 1.69 bits per heavy atom. The van der Waals surface area contributed by atoms with Gasteiger partial charge in [-0.3, -0.25) is 25.0 Å². The molecule has 178 valence electrons. The number of nitrogens with zero attached hydrogens (tertiary/aromatic N) is 3. The minimum Gasteiger partial charge on any atom is -0.354 e. The number of hydroxylamine groups is 1. The van der Waals surface area contributed by atoms with Gasteiger partial charge in [0.15, 0.2) is 0 Å². The molecule has 0 aliphatic carbocycles. The maximum Gasteiger partial charge on any atom is 0.284 e. The van der Waals surface area contributed by atoms with Crippen molar-refractivity contribution in [2.75, 3.05) is 23.5 Å². The lowest BCUT2D eigenvalue weighted by atomic mass is 9.99. The van der Waals surface area contributed by atoms with E-state index in [9.17, 15) is 20.1 Å². The van der Waals surface area contributed by atoms with Crippen molar-refractivity contribution in [3.05, 3.63) is 99.6 Å². The van der Waals surface area contributed by atoms with Gasteiger partial charge in [-0.25, -0.2) is 0 Å². The summed E-state index contributed by atoms with van der Waals surface area (Å²) >= 11 is 0. The molecule has 0 unspecified atom stereocenters. The number of nitrogens with one attached hydrogen (secondary N) is 1. The summed E-state index contributed by atoms with van der Waals surface area (Å²) in [6.07, 6.45) is 3.79. The maximum atomic E-state index is 13.1. The molecule has 2 aliphatic heterocycles. The molecule has 0 saturated carbocycles. The van der Waals surface area contributed by atoms with Crippen LogP contribution >= 0.6 is 0 Å². The van der Waals surface area contributed by atoms with Crippen molar-refractivity contribution in [2.24, 2.45) is 0 Å². The molecule has 1 fully saturated rings. The Morgan fingerprint density at radius 1 is 0.971 bits per heavy atom. The van der Waals surface area contributed by atoms with E-state index < -0.39 is 10.8 Å². The van der Waals surface area contributed by atoms with E-state index in [1.165, 1.54) is 43.0 Å². The van der Waals surface area contributed by atoms with Crippen molar-refractivity contribution in [2.45, 2.75) is 25.8 Å². The first kappa shape index (κ1) is 22.8. The normalized spacial score (nSPS) is 17.3. The van der Waals surface area contributed by atoms with Crippen molar-refractivity contribution in [3.8, 4) is 0 Å². The standard InChI is InChI=1S/C27H26N4O4/c32-27-25(23-14-13-22(31(34)35)17-24(23)30(27)33)26(20-7-3-1-4-8-20)28-21-11-9-19(10-12-21)18-29-15-5-2-6-16-29/h1,3-4,7-14,17,28,33H,2,5-6,15-16,18H2. The SMILES string of the molecule is O=C1C(=C(Nc2ccc(CN3CCCCC3)cc2)c2ccccc2)c2ccc([N+](=O)[O-])cc2N1O. The minimum absolute atomic E-state index is 0.0892. The van der Waals surface area contributed by atoms with Crippen molar-refractivity contribution < 1.29 is 14.9 Å². The third-order valence-corrected chi connectivity index (χ3v) is 6.49. The Bertz CT molecular complexity index is 1280. The molecule has 0 aromatic heterocycles. The zero-order valence-corrected chi connectivity index (χ0v) is 19.2. The molecule has 5 rings (SSSR count). The lowest BCUT2D eigenvalue weighted by molar-refractivity contribution is -0.384. The molecule has 0 bridgehead atoms. The number of carbonyl (C=O) groups is 1. The van der Waals surface area contributed by atoms with E-state index in [-0.39, 0.29) is 16.9 Å². The summed E-state index contributed by atoms with van der Waals surface area (Å²) < 4.78 is 0. The van der Waals surface area contributed by atoms with Gasteiger partial charge in [0.1, 0.15) is 0 Å². The van der Waals surface area contributed by atoms with Crippen LogP contribution in [0.1, 0.15) is 36.0 Å². The molecule has 0 radical (unpaired) electrons. The van der Waals surface area contributed by atoms with Gasteiger partial charge >= 0.3 is 0 Å². The van der Waals surface area contributed by atoms with E-state index >= 15 is 0 Å². The van der Waals surface area contributed by atoms with Gasteiger partial charge in [-0.1, -0.05) is 48.9 Å². The average molecular weight is 471 g/mol. The molecule has 0 atom stereocenters. The fraction of sp³-hybridized carbons (Fsp3) is 0.222. The molecule has 3 aromatic rings. The summed E-state index contributed by atoms with van der Waals surface area (Å²) in [5, 5.41) is 25.5. The number of likely N-dealkylation sites (tertiary alicyclic amines) is 1. The molecule has 1 saturated heterocycles. The number of hydrogen-bond donors (Lipinski definition) is 2. The van der Waals surface area contributed by atoms with Crippen LogP contribution in [-0.2, 0) is 11.3 Å². The number of fused-ring (bicyclic) bond motifs is 1. The fourth-order valence-corrected chi connectivity index (χ4v) is 4.69. The Balaban J connectivity index is 1.51. The van der Waals surface area contributed by atoms with Gasteiger partial charge in [0, 0.05) is 29.9 Å². The van der Waals surface area contributed by atoms with Crippen LogP contribution in [0.15, 0.2) is 72.8 Å². The highest BCUT2D eigenvalue weighted by Crippen LogP contribution is 2.41. The third kappa shape index (κ3) is 4.66. The van der Waals surface area contributed by atoms with Crippen LogP contribution in [0.25, 0.3) is 11.3 Å². The molecule has 35 heavy (non-hydrogen) atoms. The number of anilines is 2. The summed E-state index contributed by atoms with van der Waals surface area (Å²) in [6.45, 7) is 3.17. The quantitative estimate of drug-likeness (QED) is 0.220. The van der Waals surface area contributed by atoms with E-state index in [0.717, 1.165) is 30.9 Å². The predicted molar refractivity (Wildman–Crippen MR) is 135 cm³/mol. The van der Waals surface area contributed by atoms with Crippen molar-refractivity contribution in [3.63, 3.8) is 0 Å². The Kier molecular flexibility index (Phi) is 6.31. The first-order valence-electron chi connectivity index (χ1n) is 11.7. The van der Waals surface area contributed by atoms with Crippen molar-refractivity contribution in [1.29, 1.82) is 0 Å². The molecule has 2 heterocycles. The molecule has 3 aromatic carbocycles. The number of piperidine rings is 1. The van der Waals surface area contributed by atoms with Gasteiger partial charge < -0.3 is 5.32 Å². The van der Waals surface area contributed by atoms with Gasteiger partial charge in [0.05, 0.1) is 21.9 Å². The van der Waals surface area contributed by atoms with Gasteiger partial charge in [-0.05, 0) is 55.3 Å². The number of nitro groups is 1. The molecule has 8 heteroatoms. The van der Waals surface area contributed by atoms with Crippen molar-refractivity contribution in [1.82, 2.24) is 4.90 Å². The summed E-state index contributed by atoms with van der Waals surface area (Å²) in [5.74, 6) is -0.645. The number of nitro benzene ring substituents is 1. The number of non-ortho nitro benzene ring substituents is 1. The third-order valence-electron chi connectivity index (χ3n) is 6.49. The average Bonchev–Trinajstić information content (AvgIpc) is 3.14. The van der Waals surface area contributed by atoms with Crippen LogP contribution in [-0.4, -0.2) is 34.0 Å². The first-order chi connectivity index (χ1) is 17.0. The highest BCUT2D eigenvalue weighted by atomic mass is 16.6. The monoisotopic (exact) mass is 470 g/mol. The Morgan fingerprint density at radius 3 is 2.37 bits per heavy atom. The first-order valence-corrected chi connectivity index (χ1v) is 11.7. The van der Waals surface area contributed by atoms with Crippen LogP contribution in [0, 0.1) is 10.1 Å². The van der Waals surface area contributed by atoms with Crippen LogP contribution in [0.4, 0.5) is 17.1 Å². The van der Waals surface area contributed by atoms with E-state index in [0.29, 0.717) is 16.3 Å². The summed E-state index contributed by atoms with van der Waals surface area (Å²) in [5.41, 5.74) is 3.87. The van der Waals surface area contributed by atoms with Gasteiger partial charge in [-0.2, -0.15) is 5.06 Å². The predicted octanol–water partition coefficient (Wildman–Crippen LogP) is 5.30. The van der Waals surface area contributed by atoms with Gasteiger partial charge in [0.2, 0.25) is 0 Å². The van der Waals surface area contributed by atoms with E-state index in [2.05, 4.69) is 22.3 Å². The number of rotatable bonds is 6. The lowest BCUT2D eigenvalue weighted by Crippen LogP contribution is -2.29. The zero-order valence-electron chi connectivity index (χ0n) is 19.2. The molecule has 2 N–H and O–H groups in total. The topological polar surface area (TPSA) is 99.0 Å². The lowest BCUT2D eigenvalue weighted by Gasteiger charge is -2.26. The summed E-state index contributed by atoms with van der Waals surface area (Å²) in [4.78, 5) is 26.3. The van der Waals surface area contributed by atoms with Crippen molar-refractivity contribution >= 4 is 34.2 Å². The number of amides is 1. The fourth-order valence-electron chi connectivity index (χ4n) is 4.69. The molecule has 1 amide bonds. The van der Waals surface area contributed by atoms with Gasteiger partial charge in [-0.15, -0.1) is 0 Å². The van der Waals surface area contributed by atoms with Crippen LogP contribution in [0.5, 0.6) is 0 Å². The molecular formula is C27H26N4O4. The second-order valence-corrected chi connectivity index (χ2v) is 8.85. The number of benzene rings is 3. The number of hydrogen-bond acceptors (Lipinski definition) is 6. The Hall–Kier alpha value is -4.01.